The molecule has 0 aliphatic carbocycles. The highest BCUT2D eigenvalue weighted by Gasteiger charge is 2.24. The Bertz CT molecular complexity index is 442. The van der Waals surface area contributed by atoms with Crippen molar-refractivity contribution >= 4 is 5.78 Å². The maximum absolute atomic E-state index is 13.3. The van der Waals surface area contributed by atoms with Crippen molar-refractivity contribution in [3.05, 3.63) is 35.1 Å². The lowest BCUT2D eigenvalue weighted by molar-refractivity contribution is 0.0957. The van der Waals surface area contributed by atoms with E-state index in [-0.39, 0.29) is 17.0 Å². The van der Waals surface area contributed by atoms with E-state index < -0.39 is 0 Å². The molecule has 1 atom stereocenters. The van der Waals surface area contributed by atoms with Gasteiger partial charge in [0.2, 0.25) is 0 Å². The van der Waals surface area contributed by atoms with Gasteiger partial charge in [0.25, 0.3) is 0 Å². The third-order valence-corrected chi connectivity index (χ3v) is 3.82. The Morgan fingerprint density at radius 1 is 1.25 bits per heavy atom. The van der Waals surface area contributed by atoms with E-state index >= 15 is 0 Å². The van der Waals surface area contributed by atoms with Crippen LogP contribution in [0.2, 0.25) is 0 Å². The number of nitrogens with two attached hydrogens (primary N) is 1. The number of hydrogen-bond donors (Lipinski definition) is 1. The number of hydrogen-bond acceptors (Lipinski definition) is 2. The molecule has 1 rings (SSSR count). The Morgan fingerprint density at radius 2 is 1.90 bits per heavy atom. The lowest BCUT2D eigenvalue weighted by atomic mass is 9.75. The second-order valence-electron chi connectivity index (χ2n) is 6.62. The lowest BCUT2D eigenvalue weighted by Gasteiger charge is -2.30. The fourth-order valence-corrected chi connectivity index (χ4v) is 2.56. The summed E-state index contributed by atoms with van der Waals surface area (Å²) >= 11 is 0. The Hall–Kier alpha value is -1.22. The minimum Gasteiger partial charge on any atom is -0.330 e. The van der Waals surface area contributed by atoms with Crippen LogP contribution in [0.3, 0.4) is 0 Å². The molecule has 0 spiro atoms. The number of carbonyl (C=O) groups is 1. The van der Waals surface area contributed by atoms with E-state index in [1.807, 2.05) is 0 Å². The molecule has 0 radical (unpaired) electrons. The number of Topliss-reactive ketones (excluding diaryl/α,β-unsaturated/α-hetero) is 1. The first-order valence-electron chi connectivity index (χ1n) is 7.24. The van der Waals surface area contributed by atoms with Gasteiger partial charge in [-0.05, 0) is 61.4 Å². The van der Waals surface area contributed by atoms with Crippen LogP contribution in [-0.4, -0.2) is 12.3 Å². The predicted octanol–water partition coefficient (Wildman–Crippen LogP) is 4.11. The molecule has 0 fully saturated rings. The molecule has 0 saturated heterocycles. The molecule has 1 aromatic carbocycles. The molecular formula is C17H26FNO. The molecule has 0 saturated carbocycles. The van der Waals surface area contributed by atoms with Gasteiger partial charge >= 0.3 is 0 Å². The highest BCUT2D eigenvalue weighted by molar-refractivity contribution is 5.96. The summed E-state index contributed by atoms with van der Waals surface area (Å²) < 4.78 is 13.3. The van der Waals surface area contributed by atoms with E-state index in [2.05, 4.69) is 20.8 Å². The Morgan fingerprint density at radius 3 is 2.40 bits per heavy atom. The fraction of sp³-hybridized carbons (Fsp3) is 0.588. The first kappa shape index (κ1) is 16.8. The van der Waals surface area contributed by atoms with Crippen molar-refractivity contribution in [2.75, 3.05) is 6.54 Å². The van der Waals surface area contributed by atoms with Crippen LogP contribution in [0.25, 0.3) is 0 Å². The average Bonchev–Trinajstić information content (AvgIpc) is 2.31. The minimum atomic E-state index is -0.345. The van der Waals surface area contributed by atoms with E-state index in [4.69, 9.17) is 5.73 Å². The van der Waals surface area contributed by atoms with Crippen LogP contribution in [0.1, 0.15) is 56.0 Å². The Labute approximate surface area is 121 Å². The van der Waals surface area contributed by atoms with Crippen molar-refractivity contribution in [2.45, 2.75) is 47.0 Å². The molecule has 0 bridgehead atoms. The summed E-state index contributed by atoms with van der Waals surface area (Å²) in [5.41, 5.74) is 7.04. The van der Waals surface area contributed by atoms with Crippen molar-refractivity contribution in [2.24, 2.45) is 17.1 Å². The van der Waals surface area contributed by atoms with Crippen molar-refractivity contribution in [3.63, 3.8) is 0 Å². The first-order valence-corrected chi connectivity index (χ1v) is 7.24. The van der Waals surface area contributed by atoms with Gasteiger partial charge in [-0.2, -0.15) is 0 Å². The van der Waals surface area contributed by atoms with E-state index in [0.717, 1.165) is 18.4 Å². The van der Waals surface area contributed by atoms with Gasteiger partial charge in [0.05, 0.1) is 0 Å². The van der Waals surface area contributed by atoms with Gasteiger partial charge in [-0.15, -0.1) is 0 Å². The quantitative estimate of drug-likeness (QED) is 0.796. The number of carbonyl (C=O) groups excluding carboxylic acids is 1. The number of ketones is 1. The second-order valence-corrected chi connectivity index (χ2v) is 6.62. The van der Waals surface area contributed by atoms with Gasteiger partial charge in [0.15, 0.2) is 5.78 Å². The number of rotatable bonds is 6. The molecule has 2 nitrogen and oxygen atoms in total. The lowest BCUT2D eigenvalue weighted by Crippen LogP contribution is -2.24. The molecule has 0 aliphatic heterocycles. The largest absolute Gasteiger partial charge is 0.330 e. The van der Waals surface area contributed by atoms with Crippen LogP contribution in [0.5, 0.6) is 0 Å². The summed E-state index contributed by atoms with van der Waals surface area (Å²) in [4.78, 5) is 12.2. The van der Waals surface area contributed by atoms with Gasteiger partial charge in [-0.25, -0.2) is 4.39 Å². The smallest absolute Gasteiger partial charge is 0.162 e. The average molecular weight is 279 g/mol. The van der Waals surface area contributed by atoms with E-state index in [1.54, 1.807) is 13.0 Å². The maximum Gasteiger partial charge on any atom is 0.162 e. The number of aryl methyl sites for hydroxylation is 1. The van der Waals surface area contributed by atoms with Gasteiger partial charge in [-0.3, -0.25) is 4.79 Å². The molecule has 0 heterocycles. The third-order valence-electron chi connectivity index (χ3n) is 3.82. The summed E-state index contributed by atoms with van der Waals surface area (Å²) in [6.45, 7) is 8.94. The highest BCUT2D eigenvalue weighted by Crippen LogP contribution is 2.32. The van der Waals surface area contributed by atoms with Crippen LogP contribution in [0.4, 0.5) is 4.39 Å². The zero-order valence-electron chi connectivity index (χ0n) is 13.0. The molecule has 20 heavy (non-hydrogen) atoms. The standard InChI is InChI=1S/C17H26FNO/c1-12-9-13(11-15(18)10-12)16(20)6-5-14(7-8-19)17(2,3)4/h9-11,14H,5-8,19H2,1-4H3. The normalized spacial score (nSPS) is 13.3. The SMILES string of the molecule is Cc1cc(F)cc(C(=O)CCC(CCN)C(C)(C)C)c1. The van der Waals surface area contributed by atoms with Gasteiger partial charge in [0.1, 0.15) is 5.82 Å². The summed E-state index contributed by atoms with van der Waals surface area (Å²) in [6, 6.07) is 4.51. The molecule has 1 aromatic rings. The molecular weight excluding hydrogens is 253 g/mol. The first-order chi connectivity index (χ1) is 9.24. The second kappa shape index (κ2) is 6.98. The molecule has 3 heteroatoms. The number of benzene rings is 1. The van der Waals surface area contributed by atoms with Crippen molar-refractivity contribution in [3.8, 4) is 0 Å². The molecule has 0 amide bonds. The molecule has 1 unspecified atom stereocenters. The topological polar surface area (TPSA) is 43.1 Å². The minimum absolute atomic E-state index is 0.0128. The zero-order valence-corrected chi connectivity index (χ0v) is 13.0. The summed E-state index contributed by atoms with van der Waals surface area (Å²) in [5.74, 6) is 0.0765. The van der Waals surface area contributed by atoms with Crippen molar-refractivity contribution in [1.29, 1.82) is 0 Å². The molecule has 112 valence electrons. The van der Waals surface area contributed by atoms with Crippen molar-refractivity contribution in [1.82, 2.24) is 0 Å². The summed E-state index contributed by atoms with van der Waals surface area (Å²) in [7, 11) is 0. The van der Waals surface area contributed by atoms with E-state index in [0.29, 0.717) is 24.4 Å². The van der Waals surface area contributed by atoms with Gasteiger partial charge < -0.3 is 5.73 Å². The van der Waals surface area contributed by atoms with Gasteiger partial charge in [-0.1, -0.05) is 20.8 Å². The Kier molecular flexibility index (Phi) is 5.88. The molecule has 0 aromatic heterocycles. The monoisotopic (exact) mass is 279 g/mol. The molecule has 0 aliphatic rings. The van der Waals surface area contributed by atoms with E-state index in [1.165, 1.54) is 12.1 Å². The fourth-order valence-electron chi connectivity index (χ4n) is 2.56. The summed E-state index contributed by atoms with van der Waals surface area (Å²) in [5, 5.41) is 0. The van der Waals surface area contributed by atoms with Crippen LogP contribution in [-0.2, 0) is 0 Å². The highest BCUT2D eigenvalue weighted by atomic mass is 19.1. The van der Waals surface area contributed by atoms with Crippen LogP contribution in [0.15, 0.2) is 18.2 Å². The molecule has 2 N–H and O–H groups in total. The van der Waals surface area contributed by atoms with Gasteiger partial charge in [0, 0.05) is 12.0 Å². The number of halogens is 1. The maximum atomic E-state index is 13.3. The van der Waals surface area contributed by atoms with Crippen LogP contribution in [0, 0.1) is 24.1 Å². The zero-order chi connectivity index (χ0) is 15.3. The van der Waals surface area contributed by atoms with Crippen LogP contribution < -0.4 is 5.73 Å². The summed E-state index contributed by atoms with van der Waals surface area (Å²) in [6.07, 6.45) is 2.17. The predicted molar refractivity (Wildman–Crippen MR) is 81.3 cm³/mol. The Balaban J connectivity index is 2.70. The van der Waals surface area contributed by atoms with E-state index in [9.17, 15) is 9.18 Å². The van der Waals surface area contributed by atoms with Crippen LogP contribution >= 0.6 is 0 Å². The van der Waals surface area contributed by atoms with Crippen molar-refractivity contribution < 1.29 is 9.18 Å². The third kappa shape index (κ3) is 5.04.